The van der Waals surface area contributed by atoms with Gasteiger partial charge in [0, 0.05) is 16.9 Å². The molecule has 0 amide bonds. The van der Waals surface area contributed by atoms with Crippen LogP contribution in [0.5, 0.6) is 0 Å². The molecule has 2 aromatic carbocycles. The molecule has 0 spiro atoms. The van der Waals surface area contributed by atoms with E-state index in [-0.39, 0.29) is 11.8 Å². The van der Waals surface area contributed by atoms with Crippen molar-refractivity contribution in [3.05, 3.63) is 71.8 Å². The Morgan fingerprint density at radius 2 is 1.39 bits per heavy atom. The molecule has 124 valence electrons. The highest BCUT2D eigenvalue weighted by Gasteiger charge is 2.22. The summed E-state index contributed by atoms with van der Waals surface area (Å²) >= 11 is 0. The van der Waals surface area contributed by atoms with Gasteiger partial charge in [0.2, 0.25) is 0 Å². The average Bonchev–Trinajstić information content (AvgIpc) is 2.53. The van der Waals surface area contributed by atoms with Crippen molar-refractivity contribution < 1.29 is 17.9 Å². The zero-order valence-corrected chi connectivity index (χ0v) is 14.1. The Morgan fingerprint density at radius 3 is 1.83 bits per heavy atom. The third kappa shape index (κ3) is 5.78. The van der Waals surface area contributed by atoms with Crippen molar-refractivity contribution in [1.29, 1.82) is 0 Å². The van der Waals surface area contributed by atoms with Gasteiger partial charge in [-0.2, -0.15) is 0 Å². The summed E-state index contributed by atoms with van der Waals surface area (Å²) in [4.78, 5) is 1.28. The van der Waals surface area contributed by atoms with E-state index in [1.54, 1.807) is 0 Å². The predicted octanol–water partition coefficient (Wildman–Crippen LogP) is 1.62. The van der Waals surface area contributed by atoms with E-state index in [0.29, 0.717) is 12.8 Å². The van der Waals surface area contributed by atoms with Gasteiger partial charge in [0.1, 0.15) is 6.04 Å². The lowest BCUT2D eigenvalue weighted by atomic mass is 9.97. The van der Waals surface area contributed by atoms with Crippen molar-refractivity contribution >= 4 is 10.1 Å². The first kappa shape index (κ1) is 17.7. The quantitative estimate of drug-likeness (QED) is 0.590. The fraction of sp³-hybridized carbons (Fsp3) is 0.333. The van der Waals surface area contributed by atoms with Gasteiger partial charge in [-0.05, 0) is 12.8 Å². The summed E-state index contributed by atoms with van der Waals surface area (Å²) in [5.41, 5.74) is 2.46. The molecule has 0 saturated carbocycles. The van der Waals surface area contributed by atoms with Crippen LogP contribution < -0.4 is 4.90 Å². The first-order chi connectivity index (χ1) is 11.0. The zero-order chi connectivity index (χ0) is 16.7. The van der Waals surface area contributed by atoms with Crippen molar-refractivity contribution in [2.75, 3.05) is 19.3 Å². The summed E-state index contributed by atoms with van der Waals surface area (Å²) in [6.07, 6.45) is 1.13. The normalized spacial score (nSPS) is 13.2. The number of benzene rings is 2. The zero-order valence-electron chi connectivity index (χ0n) is 13.3. The van der Waals surface area contributed by atoms with Gasteiger partial charge in [-0.1, -0.05) is 60.7 Å². The summed E-state index contributed by atoms with van der Waals surface area (Å²) in [6, 6.07) is 20.8. The molecule has 0 aromatic heterocycles. The molecule has 2 rings (SSSR count). The molecule has 0 aliphatic carbocycles. The largest absolute Gasteiger partial charge is 0.748 e. The second-order valence-electron chi connectivity index (χ2n) is 5.82. The maximum absolute atomic E-state index is 10.7. The highest BCUT2D eigenvalue weighted by Crippen LogP contribution is 2.18. The van der Waals surface area contributed by atoms with Crippen LogP contribution in [0.2, 0.25) is 0 Å². The summed E-state index contributed by atoms with van der Waals surface area (Å²) < 4.78 is 32.1. The lowest BCUT2D eigenvalue weighted by molar-refractivity contribution is -0.906. The van der Waals surface area contributed by atoms with E-state index in [1.165, 1.54) is 16.0 Å². The van der Waals surface area contributed by atoms with Crippen molar-refractivity contribution in [3.63, 3.8) is 0 Å². The van der Waals surface area contributed by atoms with Crippen LogP contribution in [0.4, 0.5) is 0 Å². The Hall–Kier alpha value is -1.69. The van der Waals surface area contributed by atoms with E-state index in [2.05, 4.69) is 31.3 Å². The van der Waals surface area contributed by atoms with E-state index in [1.807, 2.05) is 36.4 Å². The minimum atomic E-state index is -4.11. The Bertz CT molecular complexity index is 647. The summed E-state index contributed by atoms with van der Waals surface area (Å²) in [7, 11) is -2.00. The third-order valence-corrected chi connectivity index (χ3v) is 4.76. The number of quaternary nitrogens is 1. The Balaban J connectivity index is 2.08. The second kappa shape index (κ2) is 8.24. The van der Waals surface area contributed by atoms with Crippen LogP contribution >= 0.6 is 0 Å². The lowest BCUT2D eigenvalue weighted by Gasteiger charge is -2.26. The Labute approximate surface area is 138 Å². The van der Waals surface area contributed by atoms with Gasteiger partial charge in [-0.3, -0.25) is 0 Å². The van der Waals surface area contributed by atoms with Gasteiger partial charge in [0.25, 0.3) is 0 Å². The van der Waals surface area contributed by atoms with Crippen molar-refractivity contribution in [3.8, 4) is 0 Å². The van der Waals surface area contributed by atoms with Crippen molar-refractivity contribution in [2.45, 2.75) is 18.9 Å². The molecule has 2 aromatic rings. The molecule has 0 aliphatic heterocycles. The predicted molar refractivity (Wildman–Crippen MR) is 90.3 cm³/mol. The van der Waals surface area contributed by atoms with Crippen LogP contribution in [0, 0.1) is 0 Å². The van der Waals surface area contributed by atoms with Gasteiger partial charge in [-0.25, -0.2) is 8.42 Å². The molecule has 0 fully saturated rings. The van der Waals surface area contributed by atoms with Gasteiger partial charge in [0.15, 0.2) is 0 Å². The maximum Gasteiger partial charge on any atom is 0.139 e. The molecule has 0 saturated heterocycles. The number of hydrogen-bond donors (Lipinski definition) is 1. The molecule has 23 heavy (non-hydrogen) atoms. The van der Waals surface area contributed by atoms with E-state index in [4.69, 9.17) is 0 Å². The molecule has 4 nitrogen and oxygen atoms in total. The van der Waals surface area contributed by atoms with E-state index >= 15 is 0 Å². The molecule has 0 radical (unpaired) electrons. The minimum Gasteiger partial charge on any atom is -0.748 e. The molecule has 0 bridgehead atoms. The van der Waals surface area contributed by atoms with Gasteiger partial charge in [-0.15, -0.1) is 0 Å². The number of unbranched alkanes of at least 4 members (excludes halogenated alkanes) is 1. The van der Waals surface area contributed by atoms with E-state index in [0.717, 1.165) is 6.54 Å². The topological polar surface area (TPSA) is 61.6 Å². The van der Waals surface area contributed by atoms with Crippen LogP contribution in [0.15, 0.2) is 60.7 Å². The Kier molecular flexibility index (Phi) is 6.33. The standard InChI is InChI=1S/C18H23NO3S/c1-19(14-8-9-15-23(20,21)22)18(16-10-4-2-5-11-16)17-12-6-3-7-13-17/h2-7,10-13,18H,8-9,14-15H2,1H3,(H,20,21,22). The molecule has 1 N–H and O–H groups in total. The molecule has 5 heteroatoms. The van der Waals surface area contributed by atoms with Crippen molar-refractivity contribution in [1.82, 2.24) is 0 Å². The SMILES string of the molecule is C[NH+](CCCCS(=O)(=O)[O-])C(c1ccccc1)c1ccccc1. The monoisotopic (exact) mass is 333 g/mol. The number of hydrogen-bond acceptors (Lipinski definition) is 3. The average molecular weight is 333 g/mol. The first-order valence-electron chi connectivity index (χ1n) is 7.83. The highest BCUT2D eigenvalue weighted by atomic mass is 32.2. The third-order valence-electron chi connectivity index (χ3n) is 3.97. The van der Waals surface area contributed by atoms with Crippen LogP contribution in [0.3, 0.4) is 0 Å². The van der Waals surface area contributed by atoms with Crippen LogP contribution in [-0.4, -0.2) is 32.3 Å². The number of nitrogens with one attached hydrogen (secondary N) is 1. The second-order valence-corrected chi connectivity index (χ2v) is 7.34. The molecule has 1 atom stereocenters. The smallest absolute Gasteiger partial charge is 0.139 e. The first-order valence-corrected chi connectivity index (χ1v) is 9.41. The molecule has 0 aliphatic rings. The fourth-order valence-electron chi connectivity index (χ4n) is 2.88. The van der Waals surface area contributed by atoms with Crippen LogP contribution in [0.25, 0.3) is 0 Å². The summed E-state index contributed by atoms with van der Waals surface area (Å²) in [5.74, 6) is -0.276. The van der Waals surface area contributed by atoms with Gasteiger partial charge >= 0.3 is 0 Å². The molecule has 0 heterocycles. The maximum atomic E-state index is 10.7. The van der Waals surface area contributed by atoms with Crippen LogP contribution in [0.1, 0.15) is 30.0 Å². The molecular weight excluding hydrogens is 310 g/mol. The van der Waals surface area contributed by atoms with Crippen LogP contribution in [-0.2, 0) is 10.1 Å². The number of rotatable bonds is 8. The molecular formula is C18H23NO3S. The fourth-order valence-corrected chi connectivity index (χ4v) is 3.44. The van der Waals surface area contributed by atoms with Gasteiger partial charge in [0.05, 0.1) is 23.7 Å². The minimum absolute atomic E-state index is 0.196. The summed E-state index contributed by atoms with van der Waals surface area (Å²) in [6.45, 7) is 0.809. The van der Waals surface area contributed by atoms with Gasteiger partial charge < -0.3 is 9.45 Å². The van der Waals surface area contributed by atoms with E-state index in [9.17, 15) is 13.0 Å². The molecule has 1 unspecified atom stereocenters. The van der Waals surface area contributed by atoms with Crippen molar-refractivity contribution in [2.24, 2.45) is 0 Å². The summed E-state index contributed by atoms with van der Waals surface area (Å²) in [5, 5.41) is 0. The highest BCUT2D eigenvalue weighted by molar-refractivity contribution is 7.85. The van der Waals surface area contributed by atoms with E-state index < -0.39 is 10.1 Å². The Morgan fingerprint density at radius 1 is 0.913 bits per heavy atom. The lowest BCUT2D eigenvalue weighted by Crippen LogP contribution is -3.09.